The standard InChI is InChI=1S/C7H9N5/c1-6(2-3-8)12-7-10-4-9-5-11-7/h4-6H,2H2,1H3,(H,9,10,11,12). The molecule has 0 amide bonds. The van der Waals surface area contributed by atoms with E-state index in [0.29, 0.717) is 12.4 Å². The molecule has 0 bridgehead atoms. The lowest BCUT2D eigenvalue weighted by Crippen LogP contribution is -2.16. The van der Waals surface area contributed by atoms with Gasteiger partial charge in [0.25, 0.3) is 0 Å². The molecule has 1 aromatic rings. The van der Waals surface area contributed by atoms with Gasteiger partial charge >= 0.3 is 0 Å². The predicted molar refractivity (Wildman–Crippen MR) is 43.1 cm³/mol. The van der Waals surface area contributed by atoms with E-state index >= 15 is 0 Å². The second-order valence-corrected chi connectivity index (χ2v) is 2.37. The highest BCUT2D eigenvalue weighted by atomic mass is 15.1. The summed E-state index contributed by atoms with van der Waals surface area (Å²) in [6.45, 7) is 1.90. The molecule has 0 aromatic carbocycles. The highest BCUT2D eigenvalue weighted by molar-refractivity contribution is 5.22. The Balaban J connectivity index is 2.48. The Labute approximate surface area is 70.5 Å². The fourth-order valence-electron chi connectivity index (χ4n) is 0.722. The Morgan fingerprint density at radius 2 is 2.25 bits per heavy atom. The number of aromatic nitrogens is 3. The number of hydrogen-bond donors (Lipinski definition) is 1. The molecule has 1 heterocycles. The molecule has 1 N–H and O–H groups in total. The van der Waals surface area contributed by atoms with Crippen LogP contribution < -0.4 is 5.32 Å². The summed E-state index contributed by atoms with van der Waals surface area (Å²) in [7, 11) is 0. The van der Waals surface area contributed by atoms with Crippen LogP contribution >= 0.6 is 0 Å². The lowest BCUT2D eigenvalue weighted by atomic mass is 10.3. The van der Waals surface area contributed by atoms with Gasteiger partial charge in [-0.2, -0.15) is 5.26 Å². The van der Waals surface area contributed by atoms with E-state index in [1.807, 2.05) is 6.92 Å². The third-order valence-corrected chi connectivity index (χ3v) is 1.27. The van der Waals surface area contributed by atoms with E-state index < -0.39 is 0 Å². The summed E-state index contributed by atoms with van der Waals surface area (Å²) in [5.74, 6) is 0.507. The summed E-state index contributed by atoms with van der Waals surface area (Å²) >= 11 is 0. The molecule has 0 saturated carbocycles. The van der Waals surface area contributed by atoms with Crippen LogP contribution in [-0.4, -0.2) is 21.0 Å². The quantitative estimate of drug-likeness (QED) is 0.705. The van der Waals surface area contributed by atoms with Gasteiger partial charge in [0.15, 0.2) is 0 Å². The minimum Gasteiger partial charge on any atom is -0.351 e. The van der Waals surface area contributed by atoms with Gasteiger partial charge in [0.2, 0.25) is 5.95 Å². The van der Waals surface area contributed by atoms with Crippen molar-refractivity contribution in [2.24, 2.45) is 0 Å². The summed E-state index contributed by atoms with van der Waals surface area (Å²) in [6.07, 6.45) is 3.26. The number of nitrogens with one attached hydrogen (secondary N) is 1. The van der Waals surface area contributed by atoms with Gasteiger partial charge < -0.3 is 5.32 Å². The molecule has 5 nitrogen and oxygen atoms in total. The maximum Gasteiger partial charge on any atom is 0.225 e. The van der Waals surface area contributed by atoms with E-state index in [-0.39, 0.29) is 6.04 Å². The molecule has 0 aliphatic rings. The SMILES string of the molecule is CC(CC#N)Nc1ncncn1. The van der Waals surface area contributed by atoms with Crippen LogP contribution in [0, 0.1) is 11.3 Å². The van der Waals surface area contributed by atoms with Gasteiger partial charge in [-0.25, -0.2) is 15.0 Å². The van der Waals surface area contributed by atoms with Gasteiger partial charge in [-0.1, -0.05) is 0 Å². The van der Waals surface area contributed by atoms with Crippen LogP contribution in [0.25, 0.3) is 0 Å². The molecule has 1 rings (SSSR count). The summed E-state index contributed by atoms with van der Waals surface area (Å²) in [5.41, 5.74) is 0. The van der Waals surface area contributed by atoms with E-state index in [1.54, 1.807) is 0 Å². The Morgan fingerprint density at radius 1 is 1.58 bits per heavy atom. The lowest BCUT2D eigenvalue weighted by molar-refractivity contribution is 0.801. The lowest BCUT2D eigenvalue weighted by Gasteiger charge is -2.08. The number of anilines is 1. The molecule has 0 spiro atoms. The third-order valence-electron chi connectivity index (χ3n) is 1.27. The molecule has 1 unspecified atom stereocenters. The molecule has 0 aliphatic heterocycles. The number of rotatable bonds is 3. The molecule has 5 heteroatoms. The van der Waals surface area contributed by atoms with Crippen LogP contribution in [0.3, 0.4) is 0 Å². The van der Waals surface area contributed by atoms with Crippen LogP contribution in [0.4, 0.5) is 5.95 Å². The first-order valence-electron chi connectivity index (χ1n) is 3.58. The Bertz CT molecular complexity index is 265. The zero-order valence-electron chi connectivity index (χ0n) is 6.73. The highest BCUT2D eigenvalue weighted by Gasteiger charge is 2.01. The molecule has 62 valence electrons. The van der Waals surface area contributed by atoms with Gasteiger partial charge in [-0.05, 0) is 6.92 Å². The smallest absolute Gasteiger partial charge is 0.225 e. The topological polar surface area (TPSA) is 74.5 Å². The average molecular weight is 163 g/mol. The first-order chi connectivity index (χ1) is 5.83. The molecular weight excluding hydrogens is 154 g/mol. The van der Waals surface area contributed by atoms with Crippen molar-refractivity contribution in [1.82, 2.24) is 15.0 Å². The van der Waals surface area contributed by atoms with Crippen LogP contribution in [-0.2, 0) is 0 Å². The first-order valence-corrected chi connectivity index (χ1v) is 3.58. The number of nitrogens with zero attached hydrogens (tertiary/aromatic N) is 4. The zero-order valence-corrected chi connectivity index (χ0v) is 6.73. The Hall–Kier alpha value is -1.70. The second kappa shape index (κ2) is 4.23. The van der Waals surface area contributed by atoms with Crippen molar-refractivity contribution in [1.29, 1.82) is 5.26 Å². The van der Waals surface area contributed by atoms with Crippen LogP contribution in [0.1, 0.15) is 13.3 Å². The van der Waals surface area contributed by atoms with Crippen molar-refractivity contribution in [3.05, 3.63) is 12.7 Å². The largest absolute Gasteiger partial charge is 0.351 e. The van der Waals surface area contributed by atoms with Gasteiger partial charge in [-0.15, -0.1) is 0 Å². The fraction of sp³-hybridized carbons (Fsp3) is 0.429. The molecule has 1 atom stereocenters. The normalized spacial score (nSPS) is 11.7. The highest BCUT2D eigenvalue weighted by Crippen LogP contribution is 1.98. The van der Waals surface area contributed by atoms with Gasteiger partial charge in [0.1, 0.15) is 12.7 Å². The van der Waals surface area contributed by atoms with Crippen molar-refractivity contribution >= 4 is 5.95 Å². The summed E-state index contributed by atoms with van der Waals surface area (Å²) < 4.78 is 0. The predicted octanol–water partition coefficient (Wildman–Crippen LogP) is 0.586. The van der Waals surface area contributed by atoms with Crippen molar-refractivity contribution in [3.8, 4) is 6.07 Å². The second-order valence-electron chi connectivity index (χ2n) is 2.37. The maximum atomic E-state index is 8.37. The van der Waals surface area contributed by atoms with Gasteiger partial charge in [0, 0.05) is 6.04 Å². The molecule has 0 aliphatic carbocycles. The minimum absolute atomic E-state index is 0.0670. The van der Waals surface area contributed by atoms with E-state index in [2.05, 4.69) is 26.3 Å². The molecule has 0 fully saturated rings. The third kappa shape index (κ3) is 2.50. The van der Waals surface area contributed by atoms with Crippen LogP contribution in [0.2, 0.25) is 0 Å². The Morgan fingerprint density at radius 3 is 2.83 bits per heavy atom. The monoisotopic (exact) mass is 163 g/mol. The zero-order chi connectivity index (χ0) is 8.81. The van der Waals surface area contributed by atoms with Gasteiger partial charge in [-0.3, -0.25) is 0 Å². The average Bonchev–Trinajstić information content (AvgIpc) is 2.06. The van der Waals surface area contributed by atoms with E-state index in [1.165, 1.54) is 12.7 Å². The van der Waals surface area contributed by atoms with E-state index in [4.69, 9.17) is 5.26 Å². The number of hydrogen-bond acceptors (Lipinski definition) is 5. The summed E-state index contributed by atoms with van der Waals surface area (Å²) in [4.78, 5) is 11.4. The van der Waals surface area contributed by atoms with Gasteiger partial charge in [0.05, 0.1) is 12.5 Å². The van der Waals surface area contributed by atoms with Crippen molar-refractivity contribution < 1.29 is 0 Å². The summed E-state index contributed by atoms with van der Waals surface area (Å²) in [5, 5.41) is 11.3. The van der Waals surface area contributed by atoms with E-state index in [0.717, 1.165) is 0 Å². The van der Waals surface area contributed by atoms with Crippen molar-refractivity contribution in [2.45, 2.75) is 19.4 Å². The molecule has 0 saturated heterocycles. The van der Waals surface area contributed by atoms with Crippen LogP contribution in [0.5, 0.6) is 0 Å². The maximum absolute atomic E-state index is 8.37. The molecule has 0 radical (unpaired) electrons. The van der Waals surface area contributed by atoms with Crippen molar-refractivity contribution in [2.75, 3.05) is 5.32 Å². The molecule has 12 heavy (non-hydrogen) atoms. The van der Waals surface area contributed by atoms with E-state index in [9.17, 15) is 0 Å². The molecule has 1 aromatic heterocycles. The summed E-state index contributed by atoms with van der Waals surface area (Å²) in [6, 6.07) is 2.12. The fourth-order valence-corrected chi connectivity index (χ4v) is 0.722. The first kappa shape index (κ1) is 8.40. The Kier molecular flexibility index (Phi) is 2.96. The van der Waals surface area contributed by atoms with Crippen LogP contribution in [0.15, 0.2) is 12.7 Å². The van der Waals surface area contributed by atoms with Crippen molar-refractivity contribution in [3.63, 3.8) is 0 Å². The molecular formula is C7H9N5. The number of nitriles is 1. The minimum atomic E-state index is 0.0670.